The highest BCUT2D eigenvalue weighted by molar-refractivity contribution is 8.18. The number of nitrogens with zero attached hydrogens (tertiary/aromatic N) is 4. The molecule has 2 aliphatic rings. The number of carbonyl (C=O) groups excluding carboxylic acids is 1. The largest absolute Gasteiger partial charge is 0.493 e. The SMILES string of the molecule is CCCN(C1=NC(=O)C(=Cc2ccc3c(c2)CCO3)S1)n1ccnc1. The summed E-state index contributed by atoms with van der Waals surface area (Å²) in [6.07, 6.45) is 9.04. The third-order valence-electron chi connectivity index (χ3n) is 4.05. The Balaban J connectivity index is 1.57. The number of amides is 1. The van der Waals surface area contributed by atoms with Gasteiger partial charge in [0.15, 0.2) is 5.17 Å². The fourth-order valence-electron chi connectivity index (χ4n) is 2.87. The monoisotopic (exact) mass is 354 g/mol. The van der Waals surface area contributed by atoms with Crippen molar-refractivity contribution >= 4 is 28.9 Å². The number of fused-ring (bicyclic) bond motifs is 1. The standard InChI is InChI=1S/C18H18N4O2S/c1-2-7-22(21-8-6-19-12-21)18-20-17(23)16(25-18)11-13-3-4-15-14(10-13)5-9-24-15/h3-4,6,8,10-12H,2,5,7,9H2,1H3. The quantitative estimate of drug-likeness (QED) is 0.790. The maximum Gasteiger partial charge on any atom is 0.286 e. The van der Waals surface area contributed by atoms with Gasteiger partial charge in [-0.2, -0.15) is 4.99 Å². The van der Waals surface area contributed by atoms with E-state index >= 15 is 0 Å². The van der Waals surface area contributed by atoms with Gasteiger partial charge in [-0.3, -0.25) is 9.80 Å². The number of imidazole rings is 1. The molecule has 2 aliphatic heterocycles. The van der Waals surface area contributed by atoms with Crippen LogP contribution in [0.4, 0.5) is 0 Å². The number of hydrogen-bond donors (Lipinski definition) is 0. The Bertz CT molecular complexity index is 858. The lowest BCUT2D eigenvalue weighted by atomic mass is 10.1. The number of ether oxygens (including phenoxy) is 1. The minimum absolute atomic E-state index is 0.196. The lowest BCUT2D eigenvalue weighted by Gasteiger charge is -2.23. The Morgan fingerprint density at radius 2 is 2.36 bits per heavy atom. The van der Waals surface area contributed by atoms with E-state index in [0.29, 0.717) is 10.1 Å². The molecule has 0 spiro atoms. The molecule has 0 unspecified atom stereocenters. The molecule has 0 aliphatic carbocycles. The lowest BCUT2D eigenvalue weighted by molar-refractivity contribution is -0.113. The Kier molecular flexibility index (Phi) is 4.31. The molecule has 25 heavy (non-hydrogen) atoms. The Hall–Kier alpha value is -2.54. The highest BCUT2D eigenvalue weighted by atomic mass is 32.2. The number of amidine groups is 1. The predicted octanol–water partition coefficient (Wildman–Crippen LogP) is 2.84. The van der Waals surface area contributed by atoms with Crippen molar-refractivity contribution in [3.8, 4) is 5.75 Å². The van der Waals surface area contributed by atoms with E-state index in [1.807, 2.05) is 34.1 Å². The zero-order valence-corrected chi connectivity index (χ0v) is 14.7. The molecule has 4 rings (SSSR count). The molecule has 2 aromatic rings. The minimum atomic E-state index is -0.196. The molecule has 3 heterocycles. The number of thioether (sulfide) groups is 1. The van der Waals surface area contributed by atoms with E-state index in [0.717, 1.165) is 37.3 Å². The van der Waals surface area contributed by atoms with Gasteiger partial charge >= 0.3 is 0 Å². The normalized spacial score (nSPS) is 17.6. The first kappa shape index (κ1) is 16.0. The van der Waals surface area contributed by atoms with E-state index in [4.69, 9.17) is 4.74 Å². The number of rotatable bonds is 4. The second-order valence-corrected chi connectivity index (χ2v) is 6.85. The summed E-state index contributed by atoms with van der Waals surface area (Å²) in [5.41, 5.74) is 2.19. The van der Waals surface area contributed by atoms with Crippen LogP contribution >= 0.6 is 11.8 Å². The van der Waals surface area contributed by atoms with Crippen LogP contribution in [0.5, 0.6) is 5.75 Å². The molecule has 1 aromatic heterocycles. The molecule has 0 bridgehead atoms. The molecule has 1 aromatic carbocycles. The maximum absolute atomic E-state index is 12.3. The summed E-state index contributed by atoms with van der Waals surface area (Å²) in [5, 5.41) is 2.65. The molecule has 0 radical (unpaired) electrons. The Morgan fingerprint density at radius 1 is 1.44 bits per heavy atom. The van der Waals surface area contributed by atoms with Gasteiger partial charge in [-0.1, -0.05) is 13.0 Å². The van der Waals surface area contributed by atoms with Crippen LogP contribution in [0.15, 0.2) is 46.8 Å². The smallest absolute Gasteiger partial charge is 0.286 e. The van der Waals surface area contributed by atoms with Crippen molar-refractivity contribution in [2.75, 3.05) is 18.2 Å². The average Bonchev–Trinajstić information content (AvgIpc) is 3.34. The summed E-state index contributed by atoms with van der Waals surface area (Å²) in [7, 11) is 0. The van der Waals surface area contributed by atoms with Crippen molar-refractivity contribution in [2.45, 2.75) is 19.8 Å². The van der Waals surface area contributed by atoms with Crippen molar-refractivity contribution < 1.29 is 9.53 Å². The molecular formula is C18H18N4O2S. The van der Waals surface area contributed by atoms with E-state index in [2.05, 4.69) is 23.0 Å². The zero-order chi connectivity index (χ0) is 17.2. The summed E-state index contributed by atoms with van der Waals surface area (Å²) in [6.45, 7) is 3.58. The first-order chi connectivity index (χ1) is 12.2. The third kappa shape index (κ3) is 3.19. The lowest BCUT2D eigenvalue weighted by Crippen LogP contribution is -2.37. The number of aromatic nitrogens is 2. The fraction of sp³-hybridized carbons (Fsp3) is 0.278. The molecule has 0 N–H and O–H groups in total. The number of aliphatic imine (C=N–C) groups is 1. The van der Waals surface area contributed by atoms with Gasteiger partial charge in [-0.05, 0) is 47.5 Å². The first-order valence-electron chi connectivity index (χ1n) is 8.28. The molecular weight excluding hydrogens is 336 g/mol. The summed E-state index contributed by atoms with van der Waals surface area (Å²) in [4.78, 5) is 21.3. The molecule has 0 fully saturated rings. The van der Waals surface area contributed by atoms with Crippen LogP contribution in [0.2, 0.25) is 0 Å². The Labute approximate surface area is 150 Å². The van der Waals surface area contributed by atoms with Crippen LogP contribution in [-0.4, -0.2) is 33.9 Å². The van der Waals surface area contributed by atoms with Crippen molar-refractivity contribution in [1.82, 2.24) is 9.66 Å². The third-order valence-corrected chi connectivity index (χ3v) is 5.04. The number of hydrogen-bond acceptors (Lipinski definition) is 5. The van der Waals surface area contributed by atoms with E-state index in [1.54, 1.807) is 12.5 Å². The molecule has 1 amide bonds. The van der Waals surface area contributed by atoms with E-state index in [1.165, 1.54) is 17.3 Å². The van der Waals surface area contributed by atoms with Crippen molar-refractivity contribution in [2.24, 2.45) is 4.99 Å². The first-order valence-corrected chi connectivity index (χ1v) is 9.10. The molecule has 7 heteroatoms. The van der Waals surface area contributed by atoms with Crippen molar-refractivity contribution in [3.63, 3.8) is 0 Å². The summed E-state index contributed by atoms with van der Waals surface area (Å²) >= 11 is 1.40. The van der Waals surface area contributed by atoms with Gasteiger partial charge in [0.25, 0.3) is 5.91 Å². The number of carbonyl (C=O) groups is 1. The predicted molar refractivity (Wildman–Crippen MR) is 99.3 cm³/mol. The summed E-state index contributed by atoms with van der Waals surface area (Å²) in [6, 6.07) is 6.03. The Morgan fingerprint density at radius 3 is 3.16 bits per heavy atom. The second kappa shape index (κ2) is 6.76. The molecule has 0 atom stereocenters. The van der Waals surface area contributed by atoms with Gasteiger partial charge in [-0.25, -0.2) is 9.66 Å². The topological polar surface area (TPSA) is 59.7 Å². The molecule has 0 saturated heterocycles. The van der Waals surface area contributed by atoms with Crippen LogP contribution in [0.3, 0.4) is 0 Å². The fourth-order valence-corrected chi connectivity index (χ4v) is 3.82. The zero-order valence-electron chi connectivity index (χ0n) is 13.9. The maximum atomic E-state index is 12.3. The van der Waals surface area contributed by atoms with Crippen LogP contribution < -0.4 is 9.75 Å². The van der Waals surface area contributed by atoms with Crippen LogP contribution in [0.1, 0.15) is 24.5 Å². The summed E-state index contributed by atoms with van der Waals surface area (Å²) in [5.74, 6) is 0.747. The van der Waals surface area contributed by atoms with Gasteiger partial charge in [-0.15, -0.1) is 0 Å². The highest BCUT2D eigenvalue weighted by Gasteiger charge is 2.27. The average molecular weight is 354 g/mol. The van der Waals surface area contributed by atoms with E-state index < -0.39 is 0 Å². The van der Waals surface area contributed by atoms with Gasteiger partial charge in [0.2, 0.25) is 0 Å². The van der Waals surface area contributed by atoms with E-state index in [9.17, 15) is 4.79 Å². The van der Waals surface area contributed by atoms with Crippen LogP contribution in [0, 0.1) is 0 Å². The van der Waals surface area contributed by atoms with Crippen molar-refractivity contribution in [1.29, 1.82) is 0 Å². The molecule has 128 valence electrons. The highest BCUT2D eigenvalue weighted by Crippen LogP contribution is 2.32. The van der Waals surface area contributed by atoms with E-state index in [-0.39, 0.29) is 5.91 Å². The summed E-state index contributed by atoms with van der Waals surface area (Å²) < 4.78 is 7.39. The minimum Gasteiger partial charge on any atom is -0.493 e. The van der Waals surface area contributed by atoms with Gasteiger partial charge in [0.1, 0.15) is 12.1 Å². The number of benzene rings is 1. The van der Waals surface area contributed by atoms with Gasteiger partial charge in [0, 0.05) is 25.4 Å². The van der Waals surface area contributed by atoms with Crippen LogP contribution in [-0.2, 0) is 11.2 Å². The van der Waals surface area contributed by atoms with Crippen molar-refractivity contribution in [3.05, 3.63) is 53.0 Å². The van der Waals surface area contributed by atoms with Gasteiger partial charge in [0.05, 0.1) is 11.5 Å². The van der Waals surface area contributed by atoms with Gasteiger partial charge < -0.3 is 4.74 Å². The molecule has 0 saturated carbocycles. The van der Waals surface area contributed by atoms with Crippen LogP contribution in [0.25, 0.3) is 6.08 Å². The molecule has 6 nitrogen and oxygen atoms in total. The second-order valence-electron chi connectivity index (χ2n) is 5.84.